The molecular weight excluding hydrogens is 306 g/mol. The van der Waals surface area contributed by atoms with Crippen molar-refractivity contribution in [1.82, 2.24) is 9.97 Å². The van der Waals surface area contributed by atoms with Crippen molar-refractivity contribution in [3.8, 4) is 0 Å². The molecule has 2 aromatic rings. The van der Waals surface area contributed by atoms with E-state index in [0.717, 1.165) is 12.0 Å². The van der Waals surface area contributed by atoms with E-state index in [1.807, 2.05) is 24.3 Å². The molecule has 22 heavy (non-hydrogen) atoms. The molecule has 1 aromatic carbocycles. The smallest absolute Gasteiger partial charge is 0.356 e. The highest BCUT2D eigenvalue weighted by Gasteiger charge is 2.29. The van der Waals surface area contributed by atoms with E-state index in [1.54, 1.807) is 0 Å². The lowest BCUT2D eigenvalue weighted by molar-refractivity contribution is 0.0690. The van der Waals surface area contributed by atoms with Crippen LogP contribution in [-0.2, 0) is 4.74 Å². The lowest BCUT2D eigenvalue weighted by Gasteiger charge is -2.20. The number of nitrogens with one attached hydrogen (secondary N) is 1. The van der Waals surface area contributed by atoms with Crippen LogP contribution in [-0.4, -0.2) is 33.7 Å². The molecule has 7 heteroatoms. The molecule has 2 unspecified atom stereocenters. The van der Waals surface area contributed by atoms with E-state index in [4.69, 9.17) is 21.4 Å². The molecule has 2 heterocycles. The highest BCUT2D eigenvalue weighted by Crippen LogP contribution is 2.31. The minimum atomic E-state index is -1.10. The summed E-state index contributed by atoms with van der Waals surface area (Å²) in [7, 11) is 0. The van der Waals surface area contributed by atoms with E-state index < -0.39 is 5.97 Å². The second-order valence-corrected chi connectivity index (χ2v) is 5.41. The van der Waals surface area contributed by atoms with Gasteiger partial charge in [-0.1, -0.05) is 23.7 Å². The maximum Gasteiger partial charge on any atom is 0.356 e. The van der Waals surface area contributed by atoms with Crippen molar-refractivity contribution in [3.05, 3.63) is 52.9 Å². The van der Waals surface area contributed by atoms with Crippen molar-refractivity contribution in [2.45, 2.75) is 18.6 Å². The van der Waals surface area contributed by atoms with Gasteiger partial charge in [-0.15, -0.1) is 0 Å². The molecule has 6 nitrogen and oxygen atoms in total. The summed E-state index contributed by atoms with van der Waals surface area (Å²) in [6.07, 6.45) is 3.38. The number of carbonyl (C=O) groups is 1. The number of aromatic carboxylic acids is 1. The first-order chi connectivity index (χ1) is 10.6. The molecule has 1 fully saturated rings. The Morgan fingerprint density at radius 2 is 2.05 bits per heavy atom. The Morgan fingerprint density at radius 3 is 2.68 bits per heavy atom. The lowest BCUT2D eigenvalue weighted by Crippen LogP contribution is -2.24. The first-order valence-corrected chi connectivity index (χ1v) is 7.20. The van der Waals surface area contributed by atoms with Crippen LogP contribution in [0.5, 0.6) is 0 Å². The van der Waals surface area contributed by atoms with Gasteiger partial charge >= 0.3 is 5.97 Å². The molecule has 0 saturated carbocycles. The Labute approximate surface area is 132 Å². The van der Waals surface area contributed by atoms with Crippen molar-refractivity contribution < 1.29 is 14.6 Å². The summed E-state index contributed by atoms with van der Waals surface area (Å²) in [6, 6.07) is 7.58. The van der Waals surface area contributed by atoms with Gasteiger partial charge in [0.25, 0.3) is 0 Å². The summed E-state index contributed by atoms with van der Waals surface area (Å²) in [5.74, 6) is -0.568. The van der Waals surface area contributed by atoms with Gasteiger partial charge in [0.2, 0.25) is 0 Å². The zero-order valence-corrected chi connectivity index (χ0v) is 12.3. The van der Waals surface area contributed by atoms with E-state index in [2.05, 4.69) is 15.3 Å². The van der Waals surface area contributed by atoms with Crippen LogP contribution in [0.3, 0.4) is 0 Å². The van der Waals surface area contributed by atoms with Gasteiger partial charge in [-0.25, -0.2) is 14.8 Å². The number of halogens is 1. The molecule has 0 aliphatic carbocycles. The molecule has 2 atom stereocenters. The number of carboxylic acid groups (broad SMARTS) is 1. The fourth-order valence-electron chi connectivity index (χ4n) is 2.42. The van der Waals surface area contributed by atoms with Crippen molar-refractivity contribution in [2.75, 3.05) is 11.9 Å². The Balaban J connectivity index is 1.73. The summed E-state index contributed by atoms with van der Waals surface area (Å²) < 4.78 is 5.78. The zero-order chi connectivity index (χ0) is 15.5. The van der Waals surface area contributed by atoms with E-state index in [1.165, 1.54) is 12.4 Å². The molecule has 114 valence electrons. The molecule has 1 aromatic heterocycles. The maximum absolute atomic E-state index is 10.8. The third-order valence-corrected chi connectivity index (χ3v) is 3.75. The number of benzene rings is 1. The van der Waals surface area contributed by atoms with Crippen LogP contribution in [0.25, 0.3) is 0 Å². The Kier molecular flexibility index (Phi) is 4.22. The Bertz CT molecular complexity index is 661. The summed E-state index contributed by atoms with van der Waals surface area (Å²) in [5, 5.41) is 12.7. The second kappa shape index (κ2) is 6.29. The van der Waals surface area contributed by atoms with Crippen LogP contribution in [0.1, 0.15) is 28.6 Å². The van der Waals surface area contributed by atoms with Crippen LogP contribution in [0.4, 0.5) is 5.82 Å². The Hall–Kier alpha value is -2.18. The van der Waals surface area contributed by atoms with E-state index in [9.17, 15) is 4.79 Å². The molecule has 1 saturated heterocycles. The van der Waals surface area contributed by atoms with Gasteiger partial charge < -0.3 is 15.2 Å². The summed E-state index contributed by atoms with van der Waals surface area (Å²) >= 11 is 5.90. The number of anilines is 1. The van der Waals surface area contributed by atoms with E-state index in [0.29, 0.717) is 17.4 Å². The average molecular weight is 320 g/mol. The molecule has 0 bridgehead atoms. The fraction of sp³-hybridized carbons (Fsp3) is 0.267. The van der Waals surface area contributed by atoms with Gasteiger partial charge in [-0.2, -0.15) is 0 Å². The van der Waals surface area contributed by atoms with Crippen molar-refractivity contribution in [3.63, 3.8) is 0 Å². The van der Waals surface area contributed by atoms with Crippen LogP contribution in [0.2, 0.25) is 5.02 Å². The average Bonchev–Trinajstić information content (AvgIpc) is 2.97. The van der Waals surface area contributed by atoms with Crippen LogP contribution in [0.15, 0.2) is 36.7 Å². The number of nitrogens with zero attached hydrogens (tertiary/aromatic N) is 2. The monoisotopic (exact) mass is 319 g/mol. The molecule has 0 radical (unpaired) electrons. The lowest BCUT2D eigenvalue weighted by atomic mass is 10.0. The van der Waals surface area contributed by atoms with Gasteiger partial charge in [-0.05, 0) is 24.1 Å². The quantitative estimate of drug-likeness (QED) is 0.901. The minimum Gasteiger partial charge on any atom is -0.476 e. The zero-order valence-electron chi connectivity index (χ0n) is 11.6. The first kappa shape index (κ1) is 14.7. The largest absolute Gasteiger partial charge is 0.476 e. The number of ether oxygens (including phenoxy) is 1. The third kappa shape index (κ3) is 3.18. The fourth-order valence-corrected chi connectivity index (χ4v) is 2.55. The first-order valence-electron chi connectivity index (χ1n) is 6.82. The number of rotatable bonds is 4. The molecule has 3 rings (SSSR count). The summed E-state index contributed by atoms with van der Waals surface area (Å²) in [4.78, 5) is 18.7. The third-order valence-electron chi connectivity index (χ3n) is 3.49. The second-order valence-electron chi connectivity index (χ2n) is 4.97. The molecular formula is C15H14ClN3O3. The van der Waals surface area contributed by atoms with E-state index >= 15 is 0 Å². The predicted octanol–water partition coefficient (Wildman–Crippen LogP) is 2.77. The Morgan fingerprint density at radius 1 is 1.27 bits per heavy atom. The number of aromatic nitrogens is 2. The topological polar surface area (TPSA) is 84.3 Å². The van der Waals surface area contributed by atoms with Crippen LogP contribution < -0.4 is 5.32 Å². The van der Waals surface area contributed by atoms with Crippen LogP contribution in [0, 0.1) is 0 Å². The number of hydrogen-bond donors (Lipinski definition) is 2. The standard InChI is InChI=1S/C15H14ClN3O3/c16-10-3-1-9(2-4-10)14-11(5-6-22-14)19-13-8-17-12(7-18-13)15(20)21/h1-4,7-8,11,14H,5-6H2,(H,18,19)(H,20,21). The minimum absolute atomic E-state index is 0.0474. The number of carboxylic acids is 1. The summed E-state index contributed by atoms with van der Waals surface area (Å²) in [5.41, 5.74) is 0.956. The molecule has 1 aliphatic rings. The molecule has 0 amide bonds. The van der Waals surface area contributed by atoms with Crippen molar-refractivity contribution in [1.29, 1.82) is 0 Å². The van der Waals surface area contributed by atoms with Gasteiger partial charge in [0, 0.05) is 11.6 Å². The molecule has 1 aliphatic heterocycles. The molecule has 2 N–H and O–H groups in total. The number of hydrogen-bond acceptors (Lipinski definition) is 5. The predicted molar refractivity (Wildman–Crippen MR) is 81.2 cm³/mol. The van der Waals surface area contributed by atoms with Crippen LogP contribution >= 0.6 is 11.6 Å². The highest BCUT2D eigenvalue weighted by atomic mass is 35.5. The maximum atomic E-state index is 10.8. The van der Waals surface area contributed by atoms with Gasteiger partial charge in [0.15, 0.2) is 5.69 Å². The van der Waals surface area contributed by atoms with Crippen molar-refractivity contribution in [2.24, 2.45) is 0 Å². The van der Waals surface area contributed by atoms with Gasteiger partial charge in [0.1, 0.15) is 11.9 Å². The normalized spacial score (nSPS) is 20.8. The summed E-state index contributed by atoms with van der Waals surface area (Å²) in [6.45, 7) is 0.644. The van der Waals surface area contributed by atoms with Gasteiger partial charge in [-0.3, -0.25) is 0 Å². The SMILES string of the molecule is O=C(O)c1cnc(NC2CCOC2c2ccc(Cl)cc2)cn1. The molecule has 0 spiro atoms. The van der Waals surface area contributed by atoms with E-state index in [-0.39, 0.29) is 17.8 Å². The van der Waals surface area contributed by atoms with Crippen molar-refractivity contribution >= 4 is 23.4 Å². The van der Waals surface area contributed by atoms with Gasteiger partial charge in [0.05, 0.1) is 18.4 Å². The highest BCUT2D eigenvalue weighted by molar-refractivity contribution is 6.30.